The first-order valence-electron chi connectivity index (χ1n) is 14.1. The number of nitrogens with two attached hydrogens (primary N) is 3. The van der Waals surface area contributed by atoms with Gasteiger partial charge in [0.25, 0.3) is 0 Å². The van der Waals surface area contributed by atoms with Crippen LogP contribution in [0.4, 0.5) is 4.79 Å². The van der Waals surface area contributed by atoms with Crippen LogP contribution in [0.3, 0.4) is 0 Å². The van der Waals surface area contributed by atoms with E-state index in [4.69, 9.17) is 17.2 Å². The maximum atomic E-state index is 13.4. The van der Waals surface area contributed by atoms with Gasteiger partial charge in [0.2, 0.25) is 0 Å². The molecule has 184 valence electrons. The largest absolute Gasteiger partial charge is 0.351 e. The average Bonchev–Trinajstić information content (AvgIpc) is 2.82. The van der Waals surface area contributed by atoms with Crippen molar-refractivity contribution in [3.8, 4) is 0 Å². The third-order valence-corrected chi connectivity index (χ3v) is 9.76. The van der Waals surface area contributed by atoms with Crippen molar-refractivity contribution in [1.29, 1.82) is 0 Å². The van der Waals surface area contributed by atoms with Gasteiger partial charge in [-0.1, -0.05) is 38.5 Å². The predicted molar refractivity (Wildman–Crippen MR) is 132 cm³/mol. The molecule has 4 rings (SSSR count). The Bertz CT molecular complexity index is 526. The van der Waals surface area contributed by atoms with Crippen molar-refractivity contribution in [2.75, 3.05) is 0 Å². The van der Waals surface area contributed by atoms with Crippen molar-refractivity contribution in [2.45, 2.75) is 140 Å². The molecule has 0 heterocycles. The number of hydrogen-bond acceptors (Lipinski definition) is 3. The zero-order valence-electron chi connectivity index (χ0n) is 20.4. The van der Waals surface area contributed by atoms with E-state index in [0.717, 1.165) is 25.7 Å². The third kappa shape index (κ3) is 5.81. The van der Waals surface area contributed by atoms with Gasteiger partial charge in [0.05, 0.1) is 0 Å². The summed E-state index contributed by atoms with van der Waals surface area (Å²) < 4.78 is 0. The summed E-state index contributed by atoms with van der Waals surface area (Å²) in [6.07, 6.45) is 22.1. The highest BCUT2D eigenvalue weighted by atomic mass is 16.2. The molecule has 5 nitrogen and oxygen atoms in total. The zero-order valence-corrected chi connectivity index (χ0v) is 20.4. The molecule has 0 aromatic rings. The van der Waals surface area contributed by atoms with Crippen LogP contribution in [-0.2, 0) is 0 Å². The quantitative estimate of drug-likeness (QED) is 0.516. The summed E-state index contributed by atoms with van der Waals surface area (Å²) in [7, 11) is 0. The maximum absolute atomic E-state index is 13.4. The van der Waals surface area contributed by atoms with Crippen LogP contribution >= 0.6 is 0 Å². The molecular weight excluding hydrogens is 396 g/mol. The summed E-state index contributed by atoms with van der Waals surface area (Å²) in [5.74, 6) is 2.38. The monoisotopic (exact) mass is 446 g/mol. The number of urea groups is 1. The highest BCUT2D eigenvalue weighted by molar-refractivity contribution is 5.73. The van der Waals surface area contributed by atoms with E-state index in [0.29, 0.717) is 47.8 Å². The maximum Gasteiger partial charge on any atom is 0.315 e. The van der Waals surface area contributed by atoms with Crippen LogP contribution in [0.5, 0.6) is 0 Å². The van der Waals surface area contributed by atoms with Crippen LogP contribution < -0.4 is 17.2 Å². The molecule has 32 heavy (non-hydrogen) atoms. The number of nitrogens with zero attached hydrogens (tertiary/aromatic N) is 1. The minimum Gasteiger partial charge on any atom is -0.351 e. The number of carbonyl (C=O) groups excluding carboxylic acids is 1. The topological polar surface area (TPSA) is 98.4 Å². The highest BCUT2D eigenvalue weighted by Gasteiger charge is 2.46. The molecule has 2 atom stereocenters. The van der Waals surface area contributed by atoms with Crippen molar-refractivity contribution in [1.82, 2.24) is 4.90 Å². The number of rotatable bonds is 6. The molecule has 4 aliphatic rings. The van der Waals surface area contributed by atoms with Crippen LogP contribution in [0.15, 0.2) is 0 Å². The summed E-state index contributed by atoms with van der Waals surface area (Å²) in [6.45, 7) is 0. The summed E-state index contributed by atoms with van der Waals surface area (Å²) in [4.78, 5) is 15.7. The van der Waals surface area contributed by atoms with Crippen LogP contribution in [0.2, 0.25) is 0 Å². The lowest BCUT2D eigenvalue weighted by Gasteiger charge is -2.52. The summed E-state index contributed by atoms with van der Waals surface area (Å²) in [5.41, 5.74) is 19.0. The van der Waals surface area contributed by atoms with Crippen molar-refractivity contribution < 1.29 is 4.79 Å². The standard InChI is InChI=1S/C27H50N4O/c28-23-15-11-21(12-16-23)25(19-7-3-1-4-8-19)31(27(30)32)26(20-9-5-2-6-10-20)22-13-17-24(29)18-14-22/h19-26H,1-18,28-29H2,(H2,30,32). The Morgan fingerprint density at radius 1 is 0.531 bits per heavy atom. The molecule has 0 saturated heterocycles. The first-order valence-corrected chi connectivity index (χ1v) is 14.1. The van der Waals surface area contributed by atoms with Gasteiger partial charge in [-0.15, -0.1) is 0 Å². The fourth-order valence-electron chi connectivity index (χ4n) is 8.10. The summed E-state index contributed by atoms with van der Waals surface area (Å²) in [6, 6.07) is 1.19. The van der Waals surface area contributed by atoms with Gasteiger partial charge in [0.15, 0.2) is 0 Å². The minimum atomic E-state index is -0.138. The summed E-state index contributed by atoms with van der Waals surface area (Å²) >= 11 is 0. The molecule has 0 aromatic carbocycles. The molecule has 0 aromatic heterocycles. The second-order valence-electron chi connectivity index (χ2n) is 11.9. The Morgan fingerprint density at radius 3 is 1.16 bits per heavy atom. The van der Waals surface area contributed by atoms with Gasteiger partial charge in [0, 0.05) is 24.2 Å². The molecule has 4 saturated carbocycles. The number of amides is 2. The fraction of sp³-hybridized carbons (Fsp3) is 0.963. The average molecular weight is 447 g/mol. The Kier molecular flexibility index (Phi) is 8.78. The molecule has 0 bridgehead atoms. The Hall–Kier alpha value is -0.810. The molecule has 6 N–H and O–H groups in total. The van der Waals surface area contributed by atoms with Gasteiger partial charge in [-0.25, -0.2) is 4.79 Å². The zero-order chi connectivity index (χ0) is 22.5. The van der Waals surface area contributed by atoms with Crippen LogP contribution in [0.1, 0.15) is 116 Å². The smallest absolute Gasteiger partial charge is 0.315 e. The van der Waals surface area contributed by atoms with E-state index < -0.39 is 0 Å². The lowest BCUT2D eigenvalue weighted by atomic mass is 9.68. The first-order chi connectivity index (χ1) is 15.5. The number of primary amides is 1. The van der Waals surface area contributed by atoms with Gasteiger partial charge >= 0.3 is 6.03 Å². The molecule has 0 radical (unpaired) electrons. The van der Waals surface area contributed by atoms with E-state index in [1.807, 2.05) is 0 Å². The third-order valence-electron chi connectivity index (χ3n) is 9.76. The van der Waals surface area contributed by atoms with Gasteiger partial charge in [-0.2, -0.15) is 0 Å². The molecule has 0 aliphatic heterocycles. The molecule has 2 unspecified atom stereocenters. The molecule has 0 spiro atoms. The molecule has 5 heteroatoms. The second kappa shape index (κ2) is 11.6. The van der Waals surface area contributed by atoms with E-state index in [9.17, 15) is 4.79 Å². The second-order valence-corrected chi connectivity index (χ2v) is 11.9. The lowest BCUT2D eigenvalue weighted by molar-refractivity contribution is -0.00348. The SMILES string of the molecule is NC(=O)N(C(C1CCCCC1)C1CCC(N)CC1)C(C1CCCCC1)C1CCC(N)CC1. The van der Waals surface area contributed by atoms with Crippen LogP contribution in [0, 0.1) is 23.7 Å². The minimum absolute atomic E-state index is 0.138. The number of carbonyl (C=O) groups is 1. The number of hydrogen-bond donors (Lipinski definition) is 3. The van der Waals surface area contributed by atoms with E-state index in [1.165, 1.54) is 89.9 Å². The van der Waals surface area contributed by atoms with Gasteiger partial charge in [-0.3, -0.25) is 0 Å². The Balaban J connectivity index is 1.65. The highest BCUT2D eigenvalue weighted by Crippen LogP contribution is 2.44. The van der Waals surface area contributed by atoms with Crippen molar-refractivity contribution in [2.24, 2.45) is 40.9 Å². The van der Waals surface area contributed by atoms with Crippen molar-refractivity contribution >= 4 is 6.03 Å². The van der Waals surface area contributed by atoms with Gasteiger partial charge in [0.1, 0.15) is 0 Å². The van der Waals surface area contributed by atoms with E-state index in [-0.39, 0.29) is 6.03 Å². The normalized spacial score (nSPS) is 35.2. The Labute approximate surface area is 196 Å². The van der Waals surface area contributed by atoms with Crippen LogP contribution in [0.25, 0.3) is 0 Å². The molecular formula is C27H50N4O. The Morgan fingerprint density at radius 2 is 0.844 bits per heavy atom. The summed E-state index contributed by atoms with van der Waals surface area (Å²) in [5, 5.41) is 0. The lowest BCUT2D eigenvalue weighted by Crippen LogP contribution is -2.61. The predicted octanol–water partition coefficient (Wildman–Crippen LogP) is 5.30. The molecule has 2 amide bonds. The van der Waals surface area contributed by atoms with Crippen molar-refractivity contribution in [3.63, 3.8) is 0 Å². The van der Waals surface area contributed by atoms with E-state index >= 15 is 0 Å². The van der Waals surface area contributed by atoms with Gasteiger partial charge in [-0.05, 0) is 101 Å². The van der Waals surface area contributed by atoms with E-state index in [2.05, 4.69) is 4.90 Å². The van der Waals surface area contributed by atoms with Crippen molar-refractivity contribution in [3.05, 3.63) is 0 Å². The van der Waals surface area contributed by atoms with Crippen LogP contribution in [-0.4, -0.2) is 35.1 Å². The fourth-order valence-corrected chi connectivity index (χ4v) is 8.10. The molecule has 4 aliphatic carbocycles. The first kappa shape index (κ1) is 24.3. The van der Waals surface area contributed by atoms with E-state index in [1.54, 1.807) is 0 Å². The van der Waals surface area contributed by atoms with Gasteiger partial charge < -0.3 is 22.1 Å². The molecule has 4 fully saturated rings.